The summed E-state index contributed by atoms with van der Waals surface area (Å²) in [5.74, 6) is 1.23. The number of aliphatic imine (C=N–C) groups is 1. The molecule has 158 valence electrons. The fraction of sp³-hybridized carbons (Fsp3) is 0.650. The quantitative estimate of drug-likeness (QED) is 0.413. The second-order valence-electron chi connectivity index (χ2n) is 6.90. The Balaban J connectivity index is 1.80. The molecular weight excluding hydrogens is 369 g/mol. The van der Waals surface area contributed by atoms with Crippen LogP contribution in [0.25, 0.3) is 0 Å². The Labute approximate surface area is 165 Å². The molecule has 1 unspecified atom stereocenters. The van der Waals surface area contributed by atoms with Crippen molar-refractivity contribution in [1.82, 2.24) is 15.1 Å². The van der Waals surface area contributed by atoms with Crippen LogP contribution in [0.1, 0.15) is 25.8 Å². The van der Waals surface area contributed by atoms with Crippen LogP contribution in [0.3, 0.4) is 0 Å². The first-order chi connectivity index (χ1) is 13.4. The summed E-state index contributed by atoms with van der Waals surface area (Å²) in [7, 11) is 1.72. The van der Waals surface area contributed by atoms with Crippen LogP contribution in [0.5, 0.6) is 5.75 Å². The van der Waals surface area contributed by atoms with Crippen LogP contribution in [-0.2, 0) is 6.18 Å². The number of alkyl halides is 3. The van der Waals surface area contributed by atoms with Crippen molar-refractivity contribution < 1.29 is 17.9 Å². The lowest BCUT2D eigenvalue weighted by molar-refractivity contribution is -0.138. The molecule has 2 rings (SSSR count). The molecule has 1 aromatic carbocycles. The van der Waals surface area contributed by atoms with Crippen LogP contribution < -0.4 is 10.1 Å². The van der Waals surface area contributed by atoms with E-state index in [0.717, 1.165) is 51.2 Å². The second-order valence-corrected chi connectivity index (χ2v) is 6.90. The van der Waals surface area contributed by atoms with E-state index in [-0.39, 0.29) is 12.4 Å². The van der Waals surface area contributed by atoms with Gasteiger partial charge in [0.2, 0.25) is 0 Å². The molecule has 1 atom stereocenters. The molecule has 0 aromatic heterocycles. The Morgan fingerprint density at radius 1 is 1.29 bits per heavy atom. The van der Waals surface area contributed by atoms with Crippen molar-refractivity contribution in [1.29, 1.82) is 0 Å². The fourth-order valence-corrected chi connectivity index (χ4v) is 3.50. The summed E-state index contributed by atoms with van der Waals surface area (Å²) in [4.78, 5) is 8.94. The summed E-state index contributed by atoms with van der Waals surface area (Å²) in [6.45, 7) is 9.92. The summed E-state index contributed by atoms with van der Waals surface area (Å²) in [6.07, 6.45) is -3.30. The van der Waals surface area contributed by atoms with Gasteiger partial charge in [-0.05, 0) is 37.6 Å². The maximum Gasteiger partial charge on any atom is 0.419 e. The lowest BCUT2D eigenvalue weighted by Gasteiger charge is -2.24. The molecule has 0 aliphatic carbocycles. The lowest BCUT2D eigenvalue weighted by atomic mass is 10.1. The number of hydrogen-bond acceptors (Lipinski definition) is 3. The molecule has 1 saturated heterocycles. The molecule has 1 fully saturated rings. The molecule has 0 saturated carbocycles. The number of hydrogen-bond donors (Lipinski definition) is 1. The van der Waals surface area contributed by atoms with E-state index in [1.807, 2.05) is 0 Å². The first-order valence-corrected chi connectivity index (χ1v) is 9.86. The van der Waals surface area contributed by atoms with Crippen molar-refractivity contribution in [2.75, 3.05) is 52.9 Å². The smallest absolute Gasteiger partial charge is 0.419 e. The highest BCUT2D eigenvalue weighted by Crippen LogP contribution is 2.35. The number of halogens is 3. The topological polar surface area (TPSA) is 40.1 Å². The summed E-state index contributed by atoms with van der Waals surface area (Å²) in [5.41, 5.74) is -0.752. The van der Waals surface area contributed by atoms with Crippen molar-refractivity contribution in [3.8, 4) is 5.75 Å². The Hall–Kier alpha value is -1.96. The minimum atomic E-state index is -4.42. The molecule has 5 nitrogen and oxygen atoms in total. The predicted octanol–water partition coefficient (Wildman–Crippen LogP) is 3.32. The first kappa shape index (κ1) is 22.3. The van der Waals surface area contributed by atoms with Gasteiger partial charge in [0, 0.05) is 26.7 Å². The van der Waals surface area contributed by atoms with Gasteiger partial charge in [0.05, 0.1) is 12.1 Å². The third kappa shape index (κ3) is 6.29. The fourth-order valence-electron chi connectivity index (χ4n) is 3.50. The Morgan fingerprint density at radius 2 is 2.00 bits per heavy atom. The van der Waals surface area contributed by atoms with Gasteiger partial charge < -0.3 is 19.9 Å². The van der Waals surface area contributed by atoms with Crippen LogP contribution in [0.2, 0.25) is 0 Å². The Bertz CT molecular complexity index is 632. The Kier molecular flexibility index (Phi) is 8.41. The van der Waals surface area contributed by atoms with E-state index in [1.54, 1.807) is 7.05 Å². The van der Waals surface area contributed by atoms with Crippen molar-refractivity contribution in [3.05, 3.63) is 29.8 Å². The van der Waals surface area contributed by atoms with E-state index in [1.165, 1.54) is 18.2 Å². The maximum atomic E-state index is 13.0. The summed E-state index contributed by atoms with van der Waals surface area (Å²) in [6, 6.07) is 5.27. The van der Waals surface area contributed by atoms with Crippen molar-refractivity contribution in [2.45, 2.75) is 26.4 Å². The zero-order chi connectivity index (χ0) is 20.6. The van der Waals surface area contributed by atoms with Gasteiger partial charge in [-0.1, -0.05) is 26.0 Å². The molecule has 0 bridgehead atoms. The highest BCUT2D eigenvalue weighted by Gasteiger charge is 2.34. The normalized spacial score (nSPS) is 18.0. The van der Waals surface area contributed by atoms with Gasteiger partial charge in [-0.25, -0.2) is 0 Å². The molecule has 28 heavy (non-hydrogen) atoms. The molecule has 1 N–H and O–H groups in total. The number of rotatable bonds is 8. The van der Waals surface area contributed by atoms with Gasteiger partial charge in [0.1, 0.15) is 12.4 Å². The van der Waals surface area contributed by atoms with Crippen molar-refractivity contribution in [3.63, 3.8) is 0 Å². The number of nitrogens with one attached hydrogen (secondary N) is 1. The van der Waals surface area contributed by atoms with E-state index in [9.17, 15) is 13.2 Å². The van der Waals surface area contributed by atoms with Gasteiger partial charge >= 0.3 is 6.18 Å². The van der Waals surface area contributed by atoms with Gasteiger partial charge in [0.25, 0.3) is 0 Å². The molecule has 1 aliphatic rings. The number of ether oxygens (including phenoxy) is 1. The monoisotopic (exact) mass is 400 g/mol. The third-order valence-electron chi connectivity index (χ3n) is 5.04. The summed E-state index contributed by atoms with van der Waals surface area (Å²) < 4.78 is 44.4. The zero-order valence-electron chi connectivity index (χ0n) is 16.9. The molecular formula is C20H31F3N4O. The molecule has 1 aliphatic heterocycles. The SMILES string of the molecule is CCN(CC)CC1CCN(C(=NC)NCCOc2ccccc2C(F)(F)F)C1. The van der Waals surface area contributed by atoms with Gasteiger partial charge in [-0.3, -0.25) is 4.99 Å². The zero-order valence-corrected chi connectivity index (χ0v) is 16.9. The predicted molar refractivity (Wildman–Crippen MR) is 106 cm³/mol. The molecule has 0 radical (unpaired) electrons. The molecule has 1 heterocycles. The second kappa shape index (κ2) is 10.5. The van der Waals surface area contributed by atoms with Crippen LogP contribution >= 0.6 is 0 Å². The van der Waals surface area contributed by atoms with Crippen molar-refractivity contribution in [2.24, 2.45) is 10.9 Å². The number of likely N-dealkylation sites (tertiary alicyclic amines) is 1. The van der Waals surface area contributed by atoms with E-state index in [4.69, 9.17) is 4.74 Å². The number of nitrogens with zero attached hydrogens (tertiary/aromatic N) is 3. The van der Waals surface area contributed by atoms with E-state index in [0.29, 0.717) is 12.5 Å². The van der Waals surface area contributed by atoms with Crippen molar-refractivity contribution >= 4 is 5.96 Å². The largest absolute Gasteiger partial charge is 0.491 e. The van der Waals surface area contributed by atoms with Crippen LogP contribution in [-0.4, -0.2) is 68.7 Å². The summed E-state index contributed by atoms with van der Waals surface area (Å²) >= 11 is 0. The number of guanidine groups is 1. The number of benzene rings is 1. The third-order valence-corrected chi connectivity index (χ3v) is 5.04. The van der Waals surface area contributed by atoms with Crippen LogP contribution in [0, 0.1) is 5.92 Å². The van der Waals surface area contributed by atoms with Crippen LogP contribution in [0.15, 0.2) is 29.3 Å². The average Bonchev–Trinajstić information content (AvgIpc) is 3.14. The highest BCUT2D eigenvalue weighted by atomic mass is 19.4. The molecule has 8 heteroatoms. The number of para-hydroxylation sites is 1. The average molecular weight is 400 g/mol. The maximum absolute atomic E-state index is 13.0. The van der Waals surface area contributed by atoms with E-state index in [2.05, 4.69) is 34.0 Å². The molecule has 0 spiro atoms. The van der Waals surface area contributed by atoms with Crippen LogP contribution in [0.4, 0.5) is 13.2 Å². The lowest BCUT2D eigenvalue weighted by Crippen LogP contribution is -2.42. The van der Waals surface area contributed by atoms with Gasteiger partial charge in [0.15, 0.2) is 5.96 Å². The minimum absolute atomic E-state index is 0.128. The molecule has 1 aromatic rings. The Morgan fingerprint density at radius 3 is 2.64 bits per heavy atom. The van der Waals surface area contributed by atoms with Gasteiger partial charge in [-0.2, -0.15) is 13.2 Å². The molecule has 0 amide bonds. The van der Waals surface area contributed by atoms with Gasteiger partial charge in [-0.15, -0.1) is 0 Å². The first-order valence-electron chi connectivity index (χ1n) is 9.86. The highest BCUT2D eigenvalue weighted by molar-refractivity contribution is 5.80. The van der Waals surface area contributed by atoms with E-state index < -0.39 is 11.7 Å². The van der Waals surface area contributed by atoms with E-state index >= 15 is 0 Å². The summed E-state index contributed by atoms with van der Waals surface area (Å²) in [5, 5.41) is 3.20. The standard InChI is InChI=1S/C20H31F3N4O/c1-4-26(5-2)14-16-10-12-27(15-16)19(24-3)25-11-13-28-18-9-7-6-8-17(18)20(21,22)23/h6-9,16H,4-5,10-15H2,1-3H3,(H,24,25). The minimum Gasteiger partial charge on any atom is -0.491 e.